The Balaban J connectivity index is 1.54. The zero-order valence-corrected chi connectivity index (χ0v) is 15.3. The van der Waals surface area contributed by atoms with Crippen molar-refractivity contribution < 1.29 is 23.5 Å². The number of ketones is 1. The van der Waals surface area contributed by atoms with Gasteiger partial charge in [0, 0.05) is 22.6 Å². The van der Waals surface area contributed by atoms with Crippen LogP contribution in [0.15, 0.2) is 48.5 Å². The summed E-state index contributed by atoms with van der Waals surface area (Å²) < 4.78 is 23.9. The molecule has 0 unspecified atom stereocenters. The number of carbonyl (C=O) groups excluding carboxylic acids is 2. The van der Waals surface area contributed by atoms with Gasteiger partial charge in [0.1, 0.15) is 0 Å². The van der Waals surface area contributed by atoms with E-state index >= 15 is 0 Å². The number of rotatable bonds is 6. The number of pyridine rings is 1. The number of methoxy groups -OCH3 is 1. The van der Waals surface area contributed by atoms with Gasteiger partial charge < -0.3 is 9.47 Å². The predicted octanol–water partition coefficient (Wildman–Crippen LogP) is 4.30. The number of hydrogen-bond donors (Lipinski definition) is 0. The molecule has 0 N–H and O–H groups in total. The van der Waals surface area contributed by atoms with Crippen LogP contribution in [0.4, 0.5) is 4.39 Å². The average molecular weight is 379 g/mol. The first-order chi connectivity index (χ1) is 13.6. The fourth-order valence-electron chi connectivity index (χ4n) is 3.09. The van der Waals surface area contributed by atoms with Crippen LogP contribution >= 0.6 is 0 Å². The van der Waals surface area contributed by atoms with Crippen LogP contribution in [0.25, 0.3) is 10.9 Å². The second-order valence-electron chi connectivity index (χ2n) is 6.73. The zero-order valence-electron chi connectivity index (χ0n) is 15.3. The van der Waals surface area contributed by atoms with Gasteiger partial charge in [-0.25, -0.2) is 9.18 Å². The summed E-state index contributed by atoms with van der Waals surface area (Å²) in [5, 5.41) is 0.680. The van der Waals surface area contributed by atoms with Crippen molar-refractivity contribution >= 4 is 22.7 Å². The van der Waals surface area contributed by atoms with Crippen LogP contribution in [-0.4, -0.2) is 30.5 Å². The summed E-state index contributed by atoms with van der Waals surface area (Å²) in [5.74, 6) is -1.31. The van der Waals surface area contributed by atoms with Crippen LogP contribution in [0, 0.1) is 5.82 Å². The van der Waals surface area contributed by atoms with Gasteiger partial charge >= 0.3 is 5.97 Å². The van der Waals surface area contributed by atoms with Gasteiger partial charge in [0.15, 0.2) is 24.0 Å². The molecule has 0 radical (unpaired) electrons. The number of Topliss-reactive ketones (excluding diaryl/α,β-unsaturated/α-hetero) is 1. The van der Waals surface area contributed by atoms with Crippen LogP contribution in [0.5, 0.6) is 5.75 Å². The number of para-hydroxylation sites is 1. The van der Waals surface area contributed by atoms with E-state index in [1.807, 2.05) is 18.2 Å². The minimum absolute atomic E-state index is 0.0457. The number of esters is 1. The summed E-state index contributed by atoms with van der Waals surface area (Å²) >= 11 is 0. The first kappa shape index (κ1) is 18.1. The molecule has 0 aliphatic heterocycles. The number of hydrogen-bond acceptors (Lipinski definition) is 5. The molecule has 0 atom stereocenters. The van der Waals surface area contributed by atoms with E-state index in [2.05, 4.69) is 4.98 Å². The van der Waals surface area contributed by atoms with E-state index in [0.717, 1.165) is 30.1 Å². The molecular formula is C22H18FNO4. The Kier molecular flexibility index (Phi) is 4.77. The molecule has 2 aromatic carbocycles. The Labute approximate surface area is 161 Å². The first-order valence-corrected chi connectivity index (χ1v) is 9.00. The summed E-state index contributed by atoms with van der Waals surface area (Å²) in [6, 6.07) is 13.0. The molecule has 1 aliphatic rings. The van der Waals surface area contributed by atoms with Crippen LogP contribution in [0.3, 0.4) is 0 Å². The average Bonchev–Trinajstić information content (AvgIpc) is 3.56. The Morgan fingerprint density at radius 1 is 1.14 bits per heavy atom. The Morgan fingerprint density at radius 2 is 1.93 bits per heavy atom. The minimum Gasteiger partial charge on any atom is -0.494 e. The highest BCUT2D eigenvalue weighted by Crippen LogP contribution is 2.40. The van der Waals surface area contributed by atoms with Crippen molar-refractivity contribution in [3.63, 3.8) is 0 Å². The highest BCUT2D eigenvalue weighted by Gasteiger charge is 2.27. The Hall–Kier alpha value is -3.28. The lowest BCUT2D eigenvalue weighted by atomic mass is 10.1. The molecule has 1 aliphatic carbocycles. The minimum atomic E-state index is -0.645. The Morgan fingerprint density at radius 3 is 2.64 bits per heavy atom. The molecular weight excluding hydrogens is 361 g/mol. The number of fused-ring (bicyclic) bond motifs is 1. The molecule has 1 saturated carbocycles. The highest BCUT2D eigenvalue weighted by molar-refractivity contribution is 6.05. The smallest absolute Gasteiger partial charge is 0.339 e. The number of nitrogens with zero attached hydrogens (tertiary/aromatic N) is 1. The highest BCUT2D eigenvalue weighted by atomic mass is 19.1. The summed E-state index contributed by atoms with van der Waals surface area (Å²) in [6.07, 6.45) is 2.11. The fraction of sp³-hybridized carbons (Fsp3) is 0.227. The van der Waals surface area contributed by atoms with Crippen molar-refractivity contribution in [1.29, 1.82) is 0 Å². The van der Waals surface area contributed by atoms with Crippen LogP contribution in [0.1, 0.15) is 45.2 Å². The maximum absolute atomic E-state index is 13.8. The largest absolute Gasteiger partial charge is 0.494 e. The lowest BCUT2D eigenvalue weighted by Crippen LogP contribution is -2.15. The number of halogens is 1. The Bertz CT molecular complexity index is 1080. The summed E-state index contributed by atoms with van der Waals surface area (Å²) in [7, 11) is 1.34. The van der Waals surface area contributed by atoms with E-state index in [1.165, 1.54) is 19.2 Å². The summed E-state index contributed by atoms with van der Waals surface area (Å²) in [6.45, 7) is -0.472. The van der Waals surface area contributed by atoms with Crippen molar-refractivity contribution in [2.45, 2.75) is 18.8 Å². The van der Waals surface area contributed by atoms with Crippen molar-refractivity contribution in [2.24, 2.45) is 0 Å². The normalized spacial score (nSPS) is 13.4. The molecule has 1 aromatic heterocycles. The molecule has 0 bridgehead atoms. The molecule has 28 heavy (non-hydrogen) atoms. The van der Waals surface area contributed by atoms with Gasteiger partial charge in [-0.05, 0) is 43.2 Å². The number of benzene rings is 2. The first-order valence-electron chi connectivity index (χ1n) is 9.00. The third kappa shape index (κ3) is 3.58. The fourth-order valence-corrected chi connectivity index (χ4v) is 3.09. The van der Waals surface area contributed by atoms with E-state index in [0.29, 0.717) is 16.9 Å². The monoisotopic (exact) mass is 379 g/mol. The third-order valence-corrected chi connectivity index (χ3v) is 4.76. The SMILES string of the molecule is COc1ccc(C(=O)COC(=O)c2cc(C3CC3)nc3ccccc23)cc1F. The molecule has 4 rings (SSSR count). The van der Waals surface area contributed by atoms with Crippen LogP contribution in [-0.2, 0) is 4.74 Å². The maximum Gasteiger partial charge on any atom is 0.339 e. The molecule has 1 heterocycles. The second kappa shape index (κ2) is 7.38. The molecule has 0 saturated heterocycles. The van der Waals surface area contributed by atoms with E-state index in [4.69, 9.17) is 9.47 Å². The van der Waals surface area contributed by atoms with E-state index < -0.39 is 24.2 Å². The molecule has 0 amide bonds. The number of aromatic nitrogens is 1. The van der Waals surface area contributed by atoms with Gasteiger partial charge in [0.25, 0.3) is 0 Å². The molecule has 3 aromatic rings. The van der Waals surface area contributed by atoms with Crippen molar-refractivity contribution in [1.82, 2.24) is 4.98 Å². The van der Waals surface area contributed by atoms with E-state index in [-0.39, 0.29) is 11.3 Å². The summed E-state index contributed by atoms with van der Waals surface area (Å²) in [5.41, 5.74) is 2.10. The maximum atomic E-state index is 13.8. The zero-order chi connectivity index (χ0) is 19.7. The molecule has 1 fully saturated rings. The predicted molar refractivity (Wildman–Crippen MR) is 101 cm³/mol. The van der Waals surface area contributed by atoms with E-state index in [1.54, 1.807) is 12.1 Å². The number of ether oxygens (including phenoxy) is 2. The van der Waals surface area contributed by atoms with Crippen molar-refractivity contribution in [2.75, 3.05) is 13.7 Å². The quantitative estimate of drug-likeness (QED) is 0.472. The van der Waals surface area contributed by atoms with Gasteiger partial charge in [-0.1, -0.05) is 18.2 Å². The molecule has 142 valence electrons. The van der Waals surface area contributed by atoms with Crippen LogP contribution in [0.2, 0.25) is 0 Å². The molecule has 0 spiro atoms. The standard InChI is InChI=1S/C22H18FNO4/c1-27-21-9-8-14(10-17(21)23)20(25)12-28-22(26)16-11-19(13-6-7-13)24-18-5-3-2-4-15(16)18/h2-5,8-11,13H,6-7,12H2,1H3. The van der Waals surface area contributed by atoms with Crippen LogP contribution < -0.4 is 4.74 Å². The van der Waals surface area contributed by atoms with E-state index in [9.17, 15) is 14.0 Å². The molecule has 6 heteroatoms. The third-order valence-electron chi connectivity index (χ3n) is 4.76. The lowest BCUT2D eigenvalue weighted by molar-refractivity contribution is 0.0476. The molecule has 5 nitrogen and oxygen atoms in total. The lowest BCUT2D eigenvalue weighted by Gasteiger charge is -2.10. The van der Waals surface area contributed by atoms with Gasteiger partial charge in [-0.2, -0.15) is 0 Å². The van der Waals surface area contributed by atoms with Crippen molar-refractivity contribution in [3.05, 3.63) is 71.2 Å². The van der Waals surface area contributed by atoms with Gasteiger partial charge in [0.05, 0.1) is 18.2 Å². The topological polar surface area (TPSA) is 65.5 Å². The van der Waals surface area contributed by atoms with Gasteiger partial charge in [-0.3, -0.25) is 9.78 Å². The second-order valence-corrected chi connectivity index (χ2v) is 6.73. The number of carbonyl (C=O) groups is 2. The van der Waals surface area contributed by atoms with Crippen molar-refractivity contribution in [3.8, 4) is 5.75 Å². The van der Waals surface area contributed by atoms with Gasteiger partial charge in [-0.15, -0.1) is 0 Å². The summed E-state index contributed by atoms with van der Waals surface area (Å²) in [4.78, 5) is 29.6. The van der Waals surface area contributed by atoms with Gasteiger partial charge in [0.2, 0.25) is 0 Å².